The number of nitrogens with zero attached hydrogens (tertiary/aromatic N) is 4. The van der Waals surface area contributed by atoms with Crippen molar-refractivity contribution in [3.8, 4) is 17.6 Å². The molecule has 1 aliphatic heterocycles. The summed E-state index contributed by atoms with van der Waals surface area (Å²) in [5.74, 6) is -4.04. The van der Waals surface area contributed by atoms with Crippen LogP contribution in [0.2, 0.25) is 5.02 Å². The zero-order chi connectivity index (χ0) is 26.6. The maximum absolute atomic E-state index is 15.0. The molecule has 0 spiro atoms. The van der Waals surface area contributed by atoms with Crippen LogP contribution in [0.15, 0.2) is 56.3 Å². The van der Waals surface area contributed by atoms with E-state index in [9.17, 15) is 15.2 Å². The Morgan fingerprint density at radius 1 is 1.42 bits per heavy atom. The van der Waals surface area contributed by atoms with Gasteiger partial charge in [-0.3, -0.25) is 0 Å². The number of hydrogen-bond acceptors (Lipinski definition) is 7. The van der Waals surface area contributed by atoms with E-state index in [1.165, 1.54) is 29.9 Å². The first-order valence-corrected chi connectivity index (χ1v) is 14.8. The molecular weight excluding hydrogens is 609 g/mol. The van der Waals surface area contributed by atoms with E-state index in [4.69, 9.17) is 21.1 Å². The number of allylic oxidation sites excluding steroid dienone is 2. The van der Waals surface area contributed by atoms with Gasteiger partial charge >= 0.3 is 220 Å². The van der Waals surface area contributed by atoms with Gasteiger partial charge in [0.2, 0.25) is 0 Å². The van der Waals surface area contributed by atoms with Crippen LogP contribution in [0.25, 0.3) is 0 Å². The number of alkyl halides is 4. The Labute approximate surface area is 219 Å². The van der Waals surface area contributed by atoms with Crippen LogP contribution >= 0.6 is 31.7 Å². The second-order valence-electron chi connectivity index (χ2n) is 7.72. The molecule has 0 saturated carbocycles. The minimum absolute atomic E-state index is 0.0639. The van der Waals surface area contributed by atoms with Crippen molar-refractivity contribution in [1.82, 2.24) is 9.55 Å². The summed E-state index contributed by atoms with van der Waals surface area (Å²) in [6, 6.07) is 5.86. The molecule has 0 amide bonds. The summed E-state index contributed by atoms with van der Waals surface area (Å²) in [4.78, 5) is 17.4. The first-order chi connectivity index (χ1) is 17.0. The van der Waals surface area contributed by atoms with E-state index in [-0.39, 0.29) is 33.4 Å². The number of nitriles is 1. The molecule has 1 atom stereocenters. The molecule has 2 heterocycles. The molecule has 12 heteroatoms. The van der Waals surface area contributed by atoms with E-state index in [0.29, 0.717) is 11.5 Å². The average molecular weight is 633 g/mol. The zero-order valence-electron chi connectivity index (χ0n) is 19.8. The molecule has 2 aromatic rings. The standard InChI is InChI=1S/C24H24ClF2IN4O4/c1-5-28-18(8-16(12-33)22(31-28)35-4)11-32-13-30-21(24(26,27)14(2)3)20(23(32)34)36-19-7-15(10-29)6-17(25)9-19/h6-9,13,18,33H,2,5,11-12H2,1,3-4H3. The van der Waals surface area contributed by atoms with Gasteiger partial charge in [0.05, 0.1) is 0 Å². The Hall–Kier alpha value is -2.82. The van der Waals surface area contributed by atoms with Crippen LogP contribution in [0.4, 0.5) is 8.78 Å². The fourth-order valence-corrected chi connectivity index (χ4v) is 8.22. The van der Waals surface area contributed by atoms with Crippen molar-refractivity contribution in [3.63, 3.8) is 0 Å². The Morgan fingerprint density at radius 3 is 2.72 bits per heavy atom. The number of aliphatic hydroxyl groups is 1. The van der Waals surface area contributed by atoms with Gasteiger partial charge in [-0.1, -0.05) is 0 Å². The van der Waals surface area contributed by atoms with Crippen LogP contribution < -0.4 is 10.3 Å². The quantitative estimate of drug-likeness (QED) is 0.249. The van der Waals surface area contributed by atoms with Gasteiger partial charge in [-0.25, -0.2) is 0 Å². The van der Waals surface area contributed by atoms with E-state index in [0.717, 1.165) is 17.7 Å². The van der Waals surface area contributed by atoms with Gasteiger partial charge in [0.15, 0.2) is 0 Å². The van der Waals surface area contributed by atoms with Gasteiger partial charge < -0.3 is 0 Å². The van der Waals surface area contributed by atoms with Crippen LogP contribution in [0.3, 0.4) is 0 Å². The second kappa shape index (κ2) is 11.5. The number of hydrogen-bond donors (Lipinski definition) is 1. The number of methoxy groups -OCH3 is 1. The molecule has 0 saturated heterocycles. The fraction of sp³-hybridized carbons (Fsp3) is 0.333. The maximum atomic E-state index is 15.0. The average Bonchev–Trinajstić information content (AvgIpc) is 2.85. The molecule has 8 nitrogen and oxygen atoms in total. The number of aromatic nitrogens is 2. The summed E-state index contributed by atoms with van der Waals surface area (Å²) < 4.78 is 47.3. The normalized spacial score (nSPS) is 16.6. The molecule has 0 aliphatic carbocycles. The van der Waals surface area contributed by atoms with E-state index < -0.39 is 48.6 Å². The molecule has 0 bridgehead atoms. The van der Waals surface area contributed by atoms with Gasteiger partial charge in [-0.15, -0.1) is 0 Å². The van der Waals surface area contributed by atoms with E-state index in [1.54, 1.807) is 0 Å². The van der Waals surface area contributed by atoms with Crippen molar-refractivity contribution in [2.24, 2.45) is 3.21 Å². The minimum atomic E-state index is -3.65. The predicted octanol–water partition coefficient (Wildman–Crippen LogP) is 5.02. The predicted molar refractivity (Wildman–Crippen MR) is 141 cm³/mol. The van der Waals surface area contributed by atoms with Crippen molar-refractivity contribution < 1.29 is 23.4 Å². The first kappa shape index (κ1) is 27.8. The van der Waals surface area contributed by atoms with Gasteiger partial charge in [0.25, 0.3) is 0 Å². The topological polar surface area (TPSA) is 110 Å². The summed E-state index contributed by atoms with van der Waals surface area (Å²) in [5.41, 5.74) is -1.63. The van der Waals surface area contributed by atoms with Crippen LogP contribution in [-0.2, 0) is 17.2 Å². The summed E-state index contributed by atoms with van der Waals surface area (Å²) in [5, 5.41) is 19.0. The summed E-state index contributed by atoms with van der Waals surface area (Å²) in [6.07, 6.45) is 2.87. The molecule has 1 aromatic heterocycles. The molecule has 1 N–H and O–H groups in total. The monoisotopic (exact) mass is 632 g/mol. The van der Waals surface area contributed by atoms with E-state index in [1.807, 2.05) is 19.1 Å². The van der Waals surface area contributed by atoms with E-state index in [2.05, 4.69) is 14.8 Å². The van der Waals surface area contributed by atoms with Crippen LogP contribution in [0, 0.1) is 11.3 Å². The van der Waals surface area contributed by atoms with Crippen molar-refractivity contribution >= 4 is 37.6 Å². The molecule has 1 unspecified atom stereocenters. The van der Waals surface area contributed by atoms with Gasteiger partial charge in [0, 0.05) is 0 Å². The summed E-state index contributed by atoms with van der Waals surface area (Å²) in [6.45, 7) is 6.23. The van der Waals surface area contributed by atoms with Gasteiger partial charge in [-0.2, -0.15) is 0 Å². The SMILES string of the molecule is C=C(C)C(F)(F)c1ncn(CC2C=C(CO)C(OC)=NI2CC)c(=O)c1Oc1cc(Cl)cc(C#N)c1. The molecule has 3 rings (SSSR count). The fourth-order valence-electron chi connectivity index (χ4n) is 3.36. The Balaban J connectivity index is 2.11. The Morgan fingerprint density at radius 2 is 2.14 bits per heavy atom. The second-order valence-corrected chi connectivity index (χ2v) is 13.9. The van der Waals surface area contributed by atoms with Crippen LogP contribution in [0.5, 0.6) is 11.5 Å². The molecular formula is C24H24ClF2IN4O4. The number of halogens is 4. The summed E-state index contributed by atoms with van der Waals surface area (Å²) in [7, 11) is 1.47. The molecule has 36 heavy (non-hydrogen) atoms. The summed E-state index contributed by atoms with van der Waals surface area (Å²) >= 11 is 3.95. The third-order valence-corrected chi connectivity index (χ3v) is 10.7. The first-order valence-electron chi connectivity index (χ1n) is 10.7. The van der Waals surface area contributed by atoms with Gasteiger partial charge in [0.1, 0.15) is 0 Å². The van der Waals surface area contributed by atoms with Gasteiger partial charge in [-0.05, 0) is 0 Å². The molecule has 1 aromatic carbocycles. The Bertz CT molecular complexity index is 1340. The molecule has 192 valence electrons. The molecule has 1 aliphatic rings. The van der Waals surface area contributed by atoms with Crippen molar-refractivity contribution in [1.29, 1.82) is 5.26 Å². The number of rotatable bonds is 8. The van der Waals surface area contributed by atoms with Crippen LogP contribution in [-0.4, -0.2) is 42.6 Å². The van der Waals surface area contributed by atoms with Crippen LogP contribution in [0.1, 0.15) is 25.1 Å². The number of aliphatic hydroxyl groups excluding tert-OH is 1. The van der Waals surface area contributed by atoms with Crippen molar-refractivity contribution in [3.05, 3.63) is 75.0 Å². The number of benzene rings is 1. The number of ether oxygens (including phenoxy) is 2. The molecule has 0 radical (unpaired) electrons. The third-order valence-electron chi connectivity index (χ3n) is 5.22. The van der Waals surface area contributed by atoms with Crippen molar-refractivity contribution in [2.75, 3.05) is 18.1 Å². The Kier molecular flexibility index (Phi) is 8.86. The molecule has 0 fully saturated rings. The third kappa shape index (κ3) is 5.77. The van der Waals surface area contributed by atoms with E-state index >= 15 is 8.78 Å². The zero-order valence-corrected chi connectivity index (χ0v) is 22.7. The van der Waals surface area contributed by atoms with Crippen molar-refractivity contribution in [2.45, 2.75) is 30.2 Å².